The average Bonchev–Trinajstić information content (AvgIpc) is 2.60. The van der Waals surface area contributed by atoms with Gasteiger partial charge in [0.15, 0.2) is 6.61 Å². The molecule has 0 spiro atoms. The topological polar surface area (TPSA) is 75.6 Å². The lowest BCUT2D eigenvalue weighted by Crippen LogP contribution is -2.42. The van der Waals surface area contributed by atoms with Gasteiger partial charge in [-0.2, -0.15) is 0 Å². The number of thioether (sulfide) groups is 2. The van der Waals surface area contributed by atoms with E-state index in [-0.39, 0.29) is 12.5 Å². The lowest BCUT2D eigenvalue weighted by molar-refractivity contribution is -0.142. The van der Waals surface area contributed by atoms with Gasteiger partial charge in [0.2, 0.25) is 0 Å². The molecule has 1 aromatic rings. The Balaban J connectivity index is 1.79. The normalized spacial score (nSPS) is 17.8. The van der Waals surface area contributed by atoms with Crippen LogP contribution in [0.3, 0.4) is 0 Å². The highest BCUT2D eigenvalue weighted by Gasteiger charge is 2.21. The summed E-state index contributed by atoms with van der Waals surface area (Å²) in [5, 5.41) is 11.6. The van der Waals surface area contributed by atoms with Crippen LogP contribution in [0.2, 0.25) is 0 Å². The zero-order valence-electron chi connectivity index (χ0n) is 13.9. The number of hydrogen-bond acceptors (Lipinski definition) is 5. The second-order valence-corrected chi connectivity index (χ2v) is 8.49. The quantitative estimate of drug-likeness (QED) is 0.769. The number of rotatable bonds is 7. The van der Waals surface area contributed by atoms with E-state index in [9.17, 15) is 9.59 Å². The highest BCUT2D eigenvalue weighted by molar-refractivity contribution is 8.16. The molecular formula is C17H23NO4S2. The highest BCUT2D eigenvalue weighted by atomic mass is 32.2. The lowest BCUT2D eigenvalue weighted by atomic mass is 10.0. The molecule has 2 rings (SSSR count). The van der Waals surface area contributed by atoms with E-state index in [4.69, 9.17) is 9.84 Å². The number of aliphatic carboxylic acids is 1. The Hall–Kier alpha value is -1.34. The second kappa shape index (κ2) is 9.22. The van der Waals surface area contributed by atoms with Crippen molar-refractivity contribution in [3.8, 4) is 5.75 Å². The summed E-state index contributed by atoms with van der Waals surface area (Å²) in [6.45, 7) is 3.11. The molecule has 0 aliphatic carbocycles. The Labute approximate surface area is 150 Å². The summed E-state index contributed by atoms with van der Waals surface area (Å²) in [7, 11) is 0. The molecule has 0 aromatic heterocycles. The Kier molecular flexibility index (Phi) is 7.30. The summed E-state index contributed by atoms with van der Waals surface area (Å²) in [5.41, 5.74) is 1.27. The number of carbonyl (C=O) groups is 2. The van der Waals surface area contributed by atoms with Crippen LogP contribution < -0.4 is 10.1 Å². The van der Waals surface area contributed by atoms with Crippen LogP contribution in [-0.2, 0) is 9.59 Å². The lowest BCUT2D eigenvalue weighted by Gasteiger charge is -2.21. The Bertz CT molecular complexity index is 558. The van der Waals surface area contributed by atoms with E-state index in [2.05, 4.69) is 5.32 Å². The standard InChI is InChI=1S/C17H23NO4S2/c1-11(16(20)21)12(2)18-15(19)10-22-14-6-4-13(5-7-14)17-23-8-3-9-24-17/h4-7,11-12,17H,3,8-10H2,1-2H3,(H,18,19)(H,20,21). The largest absolute Gasteiger partial charge is 0.484 e. The van der Waals surface area contributed by atoms with Gasteiger partial charge in [0.05, 0.1) is 10.5 Å². The van der Waals surface area contributed by atoms with Crippen LogP contribution in [0.1, 0.15) is 30.4 Å². The molecule has 24 heavy (non-hydrogen) atoms. The van der Waals surface area contributed by atoms with Crippen molar-refractivity contribution in [2.24, 2.45) is 5.92 Å². The number of carboxylic acid groups (broad SMARTS) is 1. The molecule has 1 amide bonds. The van der Waals surface area contributed by atoms with E-state index in [1.54, 1.807) is 13.8 Å². The molecule has 2 unspecified atom stereocenters. The fraction of sp³-hybridized carbons (Fsp3) is 0.529. The van der Waals surface area contributed by atoms with Crippen LogP contribution in [-0.4, -0.2) is 41.1 Å². The van der Waals surface area contributed by atoms with Crippen molar-refractivity contribution in [3.63, 3.8) is 0 Å². The number of carboxylic acids is 1. The molecule has 132 valence electrons. The van der Waals surface area contributed by atoms with E-state index in [1.807, 2.05) is 47.8 Å². The van der Waals surface area contributed by atoms with Gasteiger partial charge in [0.1, 0.15) is 5.75 Å². The molecule has 2 N–H and O–H groups in total. The third-order valence-electron chi connectivity index (χ3n) is 3.88. The first-order valence-corrected chi connectivity index (χ1v) is 10.0. The fourth-order valence-electron chi connectivity index (χ4n) is 2.18. The molecule has 2 atom stereocenters. The molecule has 5 nitrogen and oxygen atoms in total. The van der Waals surface area contributed by atoms with E-state index >= 15 is 0 Å². The number of benzene rings is 1. The third-order valence-corrected chi connectivity index (χ3v) is 6.89. The van der Waals surface area contributed by atoms with Gasteiger partial charge in [0, 0.05) is 6.04 Å². The molecular weight excluding hydrogens is 346 g/mol. The number of hydrogen-bond donors (Lipinski definition) is 2. The number of amides is 1. The first-order chi connectivity index (χ1) is 11.5. The molecule has 0 saturated carbocycles. The van der Waals surface area contributed by atoms with Crippen LogP contribution >= 0.6 is 23.5 Å². The number of nitrogens with one attached hydrogen (secondary N) is 1. The van der Waals surface area contributed by atoms with Crippen LogP contribution in [0, 0.1) is 5.92 Å². The smallest absolute Gasteiger partial charge is 0.308 e. The Morgan fingerprint density at radius 2 is 1.88 bits per heavy atom. The van der Waals surface area contributed by atoms with Gasteiger partial charge in [-0.25, -0.2) is 0 Å². The minimum Gasteiger partial charge on any atom is -0.484 e. The van der Waals surface area contributed by atoms with Gasteiger partial charge >= 0.3 is 5.97 Å². The second-order valence-electron chi connectivity index (χ2n) is 5.77. The maximum atomic E-state index is 11.8. The predicted molar refractivity (Wildman–Crippen MR) is 98.6 cm³/mol. The predicted octanol–water partition coefficient (Wildman–Crippen LogP) is 3.16. The molecule has 1 saturated heterocycles. The first kappa shape index (κ1) is 19.0. The average molecular weight is 370 g/mol. The maximum absolute atomic E-state index is 11.8. The molecule has 0 bridgehead atoms. The third kappa shape index (κ3) is 5.63. The SMILES string of the molecule is CC(NC(=O)COc1ccc(C2SCCCS2)cc1)C(C)C(=O)O. The van der Waals surface area contributed by atoms with E-state index in [0.717, 1.165) is 0 Å². The number of ether oxygens (including phenoxy) is 1. The molecule has 1 aliphatic rings. The maximum Gasteiger partial charge on any atom is 0.308 e. The van der Waals surface area contributed by atoms with E-state index in [0.29, 0.717) is 10.3 Å². The van der Waals surface area contributed by atoms with E-state index in [1.165, 1.54) is 23.5 Å². The summed E-state index contributed by atoms with van der Waals surface area (Å²) < 4.78 is 5.96. The van der Waals surface area contributed by atoms with Gasteiger partial charge in [-0.3, -0.25) is 9.59 Å². The number of carbonyl (C=O) groups excluding carboxylic acids is 1. The highest BCUT2D eigenvalue weighted by Crippen LogP contribution is 2.43. The summed E-state index contributed by atoms with van der Waals surface area (Å²) >= 11 is 3.92. The minimum atomic E-state index is -0.933. The van der Waals surface area contributed by atoms with Gasteiger partial charge in [-0.15, -0.1) is 23.5 Å². The van der Waals surface area contributed by atoms with Crippen LogP contribution in [0.15, 0.2) is 24.3 Å². The van der Waals surface area contributed by atoms with Crippen LogP contribution in [0.5, 0.6) is 5.75 Å². The molecule has 1 fully saturated rings. The van der Waals surface area contributed by atoms with Gasteiger partial charge in [-0.1, -0.05) is 12.1 Å². The van der Waals surface area contributed by atoms with Crippen molar-refractivity contribution in [2.45, 2.75) is 30.9 Å². The Morgan fingerprint density at radius 1 is 1.25 bits per heavy atom. The van der Waals surface area contributed by atoms with Crippen LogP contribution in [0.4, 0.5) is 0 Å². The summed E-state index contributed by atoms with van der Waals surface area (Å²) in [6.07, 6.45) is 1.26. The summed E-state index contributed by atoms with van der Waals surface area (Å²) in [6, 6.07) is 7.39. The van der Waals surface area contributed by atoms with Crippen molar-refractivity contribution < 1.29 is 19.4 Å². The molecule has 1 aliphatic heterocycles. The minimum absolute atomic E-state index is 0.122. The van der Waals surface area contributed by atoms with Crippen molar-refractivity contribution >= 4 is 35.4 Å². The van der Waals surface area contributed by atoms with Crippen molar-refractivity contribution in [1.29, 1.82) is 0 Å². The molecule has 7 heteroatoms. The zero-order chi connectivity index (χ0) is 17.5. The zero-order valence-corrected chi connectivity index (χ0v) is 15.5. The molecule has 1 heterocycles. The molecule has 1 aromatic carbocycles. The Morgan fingerprint density at radius 3 is 2.46 bits per heavy atom. The van der Waals surface area contributed by atoms with Crippen molar-refractivity contribution in [1.82, 2.24) is 5.32 Å². The van der Waals surface area contributed by atoms with Crippen molar-refractivity contribution in [2.75, 3.05) is 18.1 Å². The van der Waals surface area contributed by atoms with Crippen LogP contribution in [0.25, 0.3) is 0 Å². The summed E-state index contributed by atoms with van der Waals surface area (Å²) in [5.74, 6) is 1.14. The van der Waals surface area contributed by atoms with Gasteiger partial charge in [0.25, 0.3) is 5.91 Å². The van der Waals surface area contributed by atoms with Gasteiger partial charge < -0.3 is 15.2 Å². The molecule has 0 radical (unpaired) electrons. The monoisotopic (exact) mass is 369 g/mol. The van der Waals surface area contributed by atoms with Gasteiger partial charge in [-0.05, 0) is 49.5 Å². The summed E-state index contributed by atoms with van der Waals surface area (Å²) in [4.78, 5) is 22.7. The first-order valence-electron chi connectivity index (χ1n) is 7.95. The fourth-order valence-corrected chi connectivity index (χ4v) is 5.08. The van der Waals surface area contributed by atoms with Crippen molar-refractivity contribution in [3.05, 3.63) is 29.8 Å². The van der Waals surface area contributed by atoms with E-state index < -0.39 is 17.9 Å².